The van der Waals surface area contributed by atoms with E-state index in [1.54, 1.807) is 18.1 Å². The Hall–Kier alpha value is -4.02. The van der Waals surface area contributed by atoms with Crippen molar-refractivity contribution in [3.05, 3.63) is 36.9 Å². The Kier molecular flexibility index (Phi) is 4.69. The van der Waals surface area contributed by atoms with E-state index < -0.39 is 0 Å². The fourth-order valence-corrected chi connectivity index (χ4v) is 3.41. The topological polar surface area (TPSA) is 127 Å². The van der Waals surface area contributed by atoms with Gasteiger partial charge in [0.1, 0.15) is 12.7 Å². The minimum Gasteiger partial charge on any atom is -0.371 e. The number of hydrogen-bond donors (Lipinski definition) is 3. The van der Waals surface area contributed by atoms with Crippen molar-refractivity contribution < 1.29 is 4.79 Å². The molecule has 5 rings (SSSR count). The molecule has 1 aliphatic carbocycles. The van der Waals surface area contributed by atoms with Crippen molar-refractivity contribution in [1.82, 2.24) is 39.6 Å². The zero-order valence-electron chi connectivity index (χ0n) is 17.2. The Labute approximate surface area is 177 Å². The van der Waals surface area contributed by atoms with Crippen LogP contribution in [0.15, 0.2) is 36.9 Å². The number of imidazole rings is 1. The lowest BCUT2D eigenvalue weighted by Crippen LogP contribution is -2.41. The zero-order valence-corrected chi connectivity index (χ0v) is 17.2. The molecule has 1 saturated carbocycles. The number of hydrogen-bond acceptors (Lipinski definition) is 8. The number of aromatic nitrogens is 7. The average molecular weight is 418 g/mol. The molecule has 158 valence electrons. The number of nitrogens with one attached hydrogen (secondary N) is 3. The standard InChI is InChI=1S/C20H22N10O/c1-21-17-15-18(30(11-22-15)20(31)25-13-6-4-7-13)27-19(26-17)24-14-8-3-5-12(9-14)16-23-10-29(2)28-16/h3,5,8-11,13H,4,6-7H2,1-2H3,(H,25,31)(H2,21,24,26,27). The van der Waals surface area contributed by atoms with Gasteiger partial charge in [-0.15, -0.1) is 0 Å². The Morgan fingerprint density at radius 1 is 1.16 bits per heavy atom. The third kappa shape index (κ3) is 3.65. The molecule has 0 atom stereocenters. The summed E-state index contributed by atoms with van der Waals surface area (Å²) in [6, 6.07) is 7.64. The molecule has 1 aromatic carbocycles. The van der Waals surface area contributed by atoms with Crippen molar-refractivity contribution in [1.29, 1.82) is 0 Å². The molecule has 31 heavy (non-hydrogen) atoms. The van der Waals surface area contributed by atoms with Crippen molar-refractivity contribution in [3.8, 4) is 11.4 Å². The number of benzene rings is 1. The van der Waals surface area contributed by atoms with Crippen molar-refractivity contribution in [2.45, 2.75) is 25.3 Å². The van der Waals surface area contributed by atoms with Gasteiger partial charge in [0.05, 0.1) is 0 Å². The van der Waals surface area contributed by atoms with Gasteiger partial charge in [-0.1, -0.05) is 12.1 Å². The summed E-state index contributed by atoms with van der Waals surface area (Å²) >= 11 is 0. The third-order valence-electron chi connectivity index (χ3n) is 5.26. The van der Waals surface area contributed by atoms with Crippen LogP contribution < -0.4 is 16.0 Å². The van der Waals surface area contributed by atoms with Crippen LogP contribution in [0.1, 0.15) is 19.3 Å². The van der Waals surface area contributed by atoms with Gasteiger partial charge in [-0.2, -0.15) is 15.1 Å². The molecule has 0 spiro atoms. The first-order valence-electron chi connectivity index (χ1n) is 10.1. The van der Waals surface area contributed by atoms with Crippen LogP contribution in [-0.4, -0.2) is 53.4 Å². The van der Waals surface area contributed by atoms with Crippen LogP contribution in [-0.2, 0) is 7.05 Å². The number of carbonyl (C=O) groups excluding carboxylic acids is 1. The number of aryl methyl sites for hydroxylation is 1. The maximum Gasteiger partial charge on any atom is 0.328 e. The van der Waals surface area contributed by atoms with Crippen LogP contribution in [0.2, 0.25) is 0 Å². The molecule has 1 aliphatic rings. The summed E-state index contributed by atoms with van der Waals surface area (Å²) < 4.78 is 3.08. The van der Waals surface area contributed by atoms with E-state index in [4.69, 9.17) is 0 Å². The molecule has 3 heterocycles. The van der Waals surface area contributed by atoms with Crippen molar-refractivity contribution in [2.75, 3.05) is 17.7 Å². The number of rotatable bonds is 5. The van der Waals surface area contributed by atoms with Gasteiger partial charge in [-0.3, -0.25) is 4.68 Å². The molecule has 1 fully saturated rings. The number of amides is 1. The van der Waals surface area contributed by atoms with Crippen LogP contribution in [0, 0.1) is 0 Å². The monoisotopic (exact) mass is 418 g/mol. The van der Waals surface area contributed by atoms with Crippen LogP contribution in [0.5, 0.6) is 0 Å². The maximum atomic E-state index is 12.7. The van der Waals surface area contributed by atoms with E-state index in [-0.39, 0.29) is 12.1 Å². The van der Waals surface area contributed by atoms with Gasteiger partial charge in [0, 0.05) is 31.4 Å². The number of anilines is 3. The molecule has 3 N–H and O–H groups in total. The van der Waals surface area contributed by atoms with Crippen LogP contribution >= 0.6 is 0 Å². The van der Waals surface area contributed by atoms with E-state index in [0.717, 1.165) is 30.5 Å². The van der Waals surface area contributed by atoms with Gasteiger partial charge in [0.15, 0.2) is 22.8 Å². The second-order valence-electron chi connectivity index (χ2n) is 7.46. The lowest BCUT2D eigenvalue weighted by Gasteiger charge is -2.26. The zero-order chi connectivity index (χ0) is 21.4. The summed E-state index contributed by atoms with van der Waals surface area (Å²) in [4.78, 5) is 30.4. The summed E-state index contributed by atoms with van der Waals surface area (Å²) in [6.45, 7) is 0. The van der Waals surface area contributed by atoms with Gasteiger partial charge in [-0.05, 0) is 31.4 Å². The van der Waals surface area contributed by atoms with E-state index in [0.29, 0.717) is 28.8 Å². The first-order chi connectivity index (χ1) is 15.1. The molecule has 11 nitrogen and oxygen atoms in total. The first kappa shape index (κ1) is 19.0. The number of nitrogens with zero attached hydrogens (tertiary/aromatic N) is 7. The fraction of sp³-hybridized carbons (Fsp3) is 0.300. The molecule has 0 aliphatic heterocycles. The molecule has 3 aromatic heterocycles. The lowest BCUT2D eigenvalue weighted by atomic mass is 9.93. The molecule has 0 saturated heterocycles. The highest BCUT2D eigenvalue weighted by Crippen LogP contribution is 2.25. The largest absolute Gasteiger partial charge is 0.371 e. The Morgan fingerprint density at radius 2 is 2.03 bits per heavy atom. The highest BCUT2D eigenvalue weighted by molar-refractivity contribution is 5.92. The van der Waals surface area contributed by atoms with E-state index in [9.17, 15) is 4.79 Å². The van der Waals surface area contributed by atoms with E-state index in [2.05, 4.69) is 41.0 Å². The Morgan fingerprint density at radius 3 is 2.74 bits per heavy atom. The first-order valence-corrected chi connectivity index (χ1v) is 10.1. The van der Waals surface area contributed by atoms with Gasteiger partial charge in [0.25, 0.3) is 0 Å². The minimum absolute atomic E-state index is 0.219. The maximum absolute atomic E-state index is 12.7. The molecule has 11 heteroatoms. The summed E-state index contributed by atoms with van der Waals surface area (Å²) in [5, 5.41) is 13.6. The van der Waals surface area contributed by atoms with Crippen molar-refractivity contribution >= 4 is 34.6 Å². The highest BCUT2D eigenvalue weighted by atomic mass is 16.2. The van der Waals surface area contributed by atoms with Crippen LogP contribution in [0.25, 0.3) is 22.6 Å². The van der Waals surface area contributed by atoms with Gasteiger partial charge in [-0.25, -0.2) is 19.3 Å². The fourth-order valence-electron chi connectivity index (χ4n) is 3.41. The smallest absolute Gasteiger partial charge is 0.328 e. The second kappa shape index (κ2) is 7.67. The van der Waals surface area contributed by atoms with E-state index in [1.165, 1.54) is 10.9 Å². The average Bonchev–Trinajstić information content (AvgIpc) is 3.36. The molecule has 4 aromatic rings. The molecular weight excluding hydrogens is 396 g/mol. The number of fused-ring (bicyclic) bond motifs is 1. The normalized spacial score (nSPS) is 13.7. The quantitative estimate of drug-likeness (QED) is 0.451. The summed E-state index contributed by atoms with van der Waals surface area (Å²) in [6.07, 6.45) is 6.28. The van der Waals surface area contributed by atoms with Gasteiger partial charge < -0.3 is 16.0 Å². The minimum atomic E-state index is -0.234. The summed E-state index contributed by atoms with van der Waals surface area (Å²) in [5.41, 5.74) is 2.60. The molecule has 0 unspecified atom stereocenters. The van der Waals surface area contributed by atoms with Crippen LogP contribution in [0.4, 0.5) is 22.2 Å². The predicted octanol–water partition coefficient (Wildman–Crippen LogP) is 2.52. The Bertz CT molecular complexity index is 1260. The highest BCUT2D eigenvalue weighted by Gasteiger charge is 2.22. The SMILES string of the molecule is CNc1nc(Nc2cccc(-c3ncn(C)n3)c2)nc2c1ncn2C(=O)NC1CCC1. The summed E-state index contributed by atoms with van der Waals surface area (Å²) in [5.74, 6) is 1.51. The molecular formula is C20H22N10O. The lowest BCUT2D eigenvalue weighted by molar-refractivity contribution is 0.230. The van der Waals surface area contributed by atoms with Crippen molar-refractivity contribution in [2.24, 2.45) is 7.05 Å². The van der Waals surface area contributed by atoms with Gasteiger partial charge >= 0.3 is 6.03 Å². The predicted molar refractivity (Wildman–Crippen MR) is 116 cm³/mol. The molecule has 0 radical (unpaired) electrons. The van der Waals surface area contributed by atoms with Crippen LogP contribution in [0.3, 0.4) is 0 Å². The van der Waals surface area contributed by atoms with E-state index >= 15 is 0 Å². The van der Waals surface area contributed by atoms with E-state index in [1.807, 2.05) is 31.3 Å². The molecule has 1 amide bonds. The Balaban J connectivity index is 1.47. The van der Waals surface area contributed by atoms with Gasteiger partial charge in [0.2, 0.25) is 5.95 Å². The second-order valence-corrected chi connectivity index (χ2v) is 7.46. The summed E-state index contributed by atoms with van der Waals surface area (Å²) in [7, 11) is 3.58. The van der Waals surface area contributed by atoms with Crippen molar-refractivity contribution in [3.63, 3.8) is 0 Å². The third-order valence-corrected chi connectivity index (χ3v) is 5.26. The number of carbonyl (C=O) groups is 1. The molecule has 0 bridgehead atoms.